The molecule has 268 valence electrons. The van der Waals surface area contributed by atoms with E-state index in [2.05, 4.69) is 31.6 Å². The Balaban J connectivity index is 0.000000396. The van der Waals surface area contributed by atoms with Gasteiger partial charge >= 0.3 is 11.9 Å². The van der Waals surface area contributed by atoms with E-state index in [0.717, 1.165) is 39.5 Å². The number of carboxylic acid groups (broad SMARTS) is 2. The zero-order valence-corrected chi connectivity index (χ0v) is 29.2. The lowest BCUT2D eigenvalue weighted by molar-refractivity contribution is -0.223. The lowest BCUT2D eigenvalue weighted by Gasteiger charge is -2.63. The number of aliphatic hydroxyl groups is 4. The van der Waals surface area contributed by atoms with Gasteiger partial charge in [-0.1, -0.05) is 20.8 Å². The highest BCUT2D eigenvalue weighted by molar-refractivity contribution is 5.85. The molecule has 0 spiro atoms. The van der Waals surface area contributed by atoms with E-state index in [9.17, 15) is 30.0 Å². The summed E-state index contributed by atoms with van der Waals surface area (Å²) >= 11 is 0. The molecule has 6 rings (SSSR count). The molecule has 1 saturated heterocycles. The Bertz CT molecular complexity index is 1220. The van der Waals surface area contributed by atoms with Crippen LogP contribution in [0.1, 0.15) is 93.9 Å². The third-order valence-electron chi connectivity index (χ3n) is 12.9. The van der Waals surface area contributed by atoms with Gasteiger partial charge < -0.3 is 40.1 Å². The average molecular weight is 669 g/mol. The van der Waals surface area contributed by atoms with E-state index < -0.39 is 41.1 Å². The van der Waals surface area contributed by atoms with Crippen LogP contribution < -0.4 is 0 Å². The van der Waals surface area contributed by atoms with Crippen LogP contribution >= 0.6 is 0 Å². The van der Waals surface area contributed by atoms with Crippen LogP contribution in [0.2, 0.25) is 0 Å². The van der Waals surface area contributed by atoms with Crippen molar-refractivity contribution in [1.82, 2.24) is 0 Å². The number of aliphatic carboxylic acids is 2. The van der Waals surface area contributed by atoms with Gasteiger partial charge in [0.15, 0.2) is 5.60 Å². The maximum absolute atomic E-state index is 12.7. The summed E-state index contributed by atoms with van der Waals surface area (Å²) in [6.45, 7) is 13.9. The minimum atomic E-state index is -1.58. The van der Waals surface area contributed by atoms with Gasteiger partial charge in [0.2, 0.25) is 0 Å². The molecule has 47 heavy (non-hydrogen) atoms. The molecule has 14 atom stereocenters. The van der Waals surface area contributed by atoms with E-state index in [1.165, 1.54) is 14.0 Å². The van der Waals surface area contributed by atoms with Crippen LogP contribution in [0.4, 0.5) is 0 Å². The topological polar surface area (TPSA) is 208 Å². The van der Waals surface area contributed by atoms with Crippen molar-refractivity contribution in [2.75, 3.05) is 7.11 Å². The Labute approximate surface area is 277 Å². The van der Waals surface area contributed by atoms with Crippen LogP contribution in [0, 0.1) is 57.7 Å². The number of ether oxygens (including phenoxy) is 2. The lowest BCUT2D eigenvalue weighted by Crippen LogP contribution is -2.64. The highest BCUT2D eigenvalue weighted by Gasteiger charge is 2.74. The van der Waals surface area contributed by atoms with Crippen molar-refractivity contribution in [1.29, 1.82) is 0 Å². The Hall–Kier alpha value is -2.54. The number of allylic oxidation sites excluding steroid dienone is 1. The molecule has 5 fully saturated rings. The second-order valence-corrected chi connectivity index (χ2v) is 15.5. The molecule has 0 bridgehead atoms. The van der Waals surface area contributed by atoms with E-state index in [4.69, 9.17) is 24.5 Å². The first-order valence-corrected chi connectivity index (χ1v) is 16.7. The van der Waals surface area contributed by atoms with Crippen molar-refractivity contribution in [2.24, 2.45) is 57.7 Å². The SMILES string of the molecule is CC(=O)O.CC(=O)O.COC(C)=O.C[C@@H]1C=C2OC(=O)[C@@](C)(O)[C@]2(C)C2CC3C4C(O)C(O)C5CCC(O)C[C@]5(C)C4CC[C@]3(C)C21. The fourth-order valence-electron chi connectivity index (χ4n) is 10.9. The number of carbonyl (C=O) groups is 4. The molecule has 0 amide bonds. The summed E-state index contributed by atoms with van der Waals surface area (Å²) in [4.78, 5) is 40.3. The number of hydrogen-bond donors (Lipinski definition) is 6. The lowest BCUT2D eigenvalue weighted by atomic mass is 9.43. The van der Waals surface area contributed by atoms with E-state index in [1.807, 2.05) is 6.92 Å². The molecule has 1 heterocycles. The van der Waals surface area contributed by atoms with E-state index in [-0.39, 0.29) is 64.3 Å². The molecule has 4 saturated carbocycles. The molecule has 5 aliphatic carbocycles. The fourth-order valence-corrected chi connectivity index (χ4v) is 10.9. The zero-order valence-electron chi connectivity index (χ0n) is 29.2. The number of hydrogen-bond acceptors (Lipinski definition) is 10. The first-order valence-electron chi connectivity index (χ1n) is 16.7. The van der Waals surface area contributed by atoms with Gasteiger partial charge in [-0.3, -0.25) is 14.4 Å². The number of rotatable bonds is 0. The van der Waals surface area contributed by atoms with Gasteiger partial charge in [0.25, 0.3) is 11.9 Å². The first-order chi connectivity index (χ1) is 21.5. The molecule has 12 heteroatoms. The highest BCUT2D eigenvalue weighted by atomic mass is 16.6. The average Bonchev–Trinajstić information content (AvgIpc) is 3.35. The molecule has 0 aromatic heterocycles. The normalized spacial score (nSPS) is 47.0. The number of fused-ring (bicyclic) bond motifs is 9. The van der Waals surface area contributed by atoms with Gasteiger partial charge in [-0.2, -0.15) is 0 Å². The Morgan fingerprint density at radius 2 is 1.38 bits per heavy atom. The van der Waals surface area contributed by atoms with Gasteiger partial charge in [0, 0.05) is 20.8 Å². The molecular formula is C35H56O12. The van der Waals surface area contributed by atoms with Gasteiger partial charge in [0.1, 0.15) is 5.76 Å². The van der Waals surface area contributed by atoms with Crippen LogP contribution in [-0.2, 0) is 28.7 Å². The van der Waals surface area contributed by atoms with Crippen LogP contribution in [0.25, 0.3) is 0 Å². The Morgan fingerprint density at radius 1 is 0.851 bits per heavy atom. The molecule has 6 N–H and O–H groups in total. The molecule has 0 aromatic carbocycles. The van der Waals surface area contributed by atoms with Crippen molar-refractivity contribution < 1.29 is 59.3 Å². The van der Waals surface area contributed by atoms with Gasteiger partial charge in [-0.05, 0) is 111 Å². The van der Waals surface area contributed by atoms with Crippen molar-refractivity contribution in [3.05, 3.63) is 11.8 Å². The quantitative estimate of drug-likeness (QED) is 0.205. The Morgan fingerprint density at radius 3 is 1.89 bits per heavy atom. The number of carbonyl (C=O) groups excluding carboxylic acids is 2. The highest BCUT2D eigenvalue weighted by Crippen LogP contribution is 2.74. The third-order valence-corrected chi connectivity index (χ3v) is 12.9. The minimum absolute atomic E-state index is 0.0199. The van der Waals surface area contributed by atoms with E-state index >= 15 is 0 Å². The molecule has 12 nitrogen and oxygen atoms in total. The fraction of sp³-hybridized carbons (Fsp3) is 0.829. The molecule has 0 aromatic rings. The largest absolute Gasteiger partial charge is 0.481 e. The molecule has 9 unspecified atom stereocenters. The van der Waals surface area contributed by atoms with Gasteiger partial charge in [-0.25, -0.2) is 4.79 Å². The van der Waals surface area contributed by atoms with Crippen molar-refractivity contribution in [3.8, 4) is 0 Å². The van der Waals surface area contributed by atoms with Crippen molar-refractivity contribution >= 4 is 23.9 Å². The van der Waals surface area contributed by atoms with Crippen molar-refractivity contribution in [3.63, 3.8) is 0 Å². The minimum Gasteiger partial charge on any atom is -0.481 e. The number of esters is 2. The van der Waals surface area contributed by atoms with E-state index in [0.29, 0.717) is 18.6 Å². The smallest absolute Gasteiger partial charge is 0.343 e. The molecular weight excluding hydrogens is 612 g/mol. The number of methoxy groups -OCH3 is 1. The number of carboxylic acids is 2. The van der Waals surface area contributed by atoms with Gasteiger partial charge in [-0.15, -0.1) is 0 Å². The summed E-state index contributed by atoms with van der Waals surface area (Å²) in [5.41, 5.74) is -2.62. The number of aliphatic hydroxyl groups excluding tert-OH is 3. The standard InChI is InChI=1S/C28H42O6.C3H6O2.2C2H4O2/c1-13-10-19-27(4,28(5,33)24(32)34-19)18-11-17-20-15(8-9-25(17,2)21(13)18)26(3)12-14(29)6-7-16(26)22(30)23(20)31;1-3(4)5-2;2*1-2(3)4/h10,13-18,20-23,29-31,33H,6-9,11-12H2,1-5H3;1-2H3;2*1H3,(H,3,4)/t13-,14?,15?,16?,17?,18?,20?,21?,22?,23?,25+,26-,27-,28-;;;/m1.../s1. The summed E-state index contributed by atoms with van der Waals surface area (Å²) in [5.74, 6) is -0.933. The summed E-state index contributed by atoms with van der Waals surface area (Å²) < 4.78 is 9.76. The second-order valence-electron chi connectivity index (χ2n) is 15.5. The molecule has 6 aliphatic rings. The van der Waals surface area contributed by atoms with Crippen LogP contribution in [0.15, 0.2) is 11.8 Å². The summed E-state index contributed by atoms with van der Waals surface area (Å²) in [5, 5.41) is 59.8. The maximum Gasteiger partial charge on any atom is 0.343 e. The zero-order chi connectivity index (χ0) is 36.0. The molecule has 1 aliphatic heterocycles. The first kappa shape index (κ1) is 38.9. The summed E-state index contributed by atoms with van der Waals surface area (Å²) in [7, 11) is 1.35. The maximum atomic E-state index is 12.7. The monoisotopic (exact) mass is 668 g/mol. The Kier molecular flexibility index (Phi) is 11.4. The van der Waals surface area contributed by atoms with Crippen LogP contribution in [0.3, 0.4) is 0 Å². The molecule has 0 radical (unpaired) electrons. The predicted octanol–water partition coefficient (Wildman–Crippen LogP) is 3.38. The predicted molar refractivity (Wildman–Crippen MR) is 169 cm³/mol. The van der Waals surface area contributed by atoms with Gasteiger partial charge in [0.05, 0.1) is 30.8 Å². The summed E-state index contributed by atoms with van der Waals surface area (Å²) in [6.07, 6.45) is 5.14. The van der Waals surface area contributed by atoms with Crippen LogP contribution in [-0.4, -0.2) is 85.5 Å². The van der Waals surface area contributed by atoms with Crippen LogP contribution in [0.5, 0.6) is 0 Å². The third kappa shape index (κ3) is 6.59. The second kappa shape index (κ2) is 13.8. The van der Waals surface area contributed by atoms with Crippen molar-refractivity contribution in [2.45, 2.75) is 118 Å². The summed E-state index contributed by atoms with van der Waals surface area (Å²) in [6, 6.07) is 0. The van der Waals surface area contributed by atoms with E-state index in [1.54, 1.807) is 6.92 Å².